The van der Waals surface area contributed by atoms with Crippen LogP contribution in [0.2, 0.25) is 0 Å². The highest BCUT2D eigenvalue weighted by atomic mass is 15.3. The van der Waals surface area contributed by atoms with Crippen molar-refractivity contribution in [3.05, 3.63) is 12.7 Å². The highest BCUT2D eigenvalue weighted by molar-refractivity contribution is 5.08. The number of nitrogens with two attached hydrogens (primary N) is 1. The van der Waals surface area contributed by atoms with E-state index in [4.69, 9.17) is 5.73 Å². The largest absolute Gasteiger partial charge is 0.325 e. The zero-order chi connectivity index (χ0) is 10.2. The standard InChI is InChI=1S/C10H18N4/c1-9(2,10(11)3-4-10)5-6-14-8-12-7-13-14/h7-8H,3-6,11H2,1-2H3. The molecule has 1 fully saturated rings. The topological polar surface area (TPSA) is 56.7 Å². The summed E-state index contributed by atoms with van der Waals surface area (Å²) in [4.78, 5) is 3.92. The summed E-state index contributed by atoms with van der Waals surface area (Å²) in [5.41, 5.74) is 6.50. The van der Waals surface area contributed by atoms with Gasteiger partial charge in [-0.2, -0.15) is 5.10 Å². The first kappa shape index (κ1) is 9.65. The van der Waals surface area contributed by atoms with E-state index in [1.807, 2.05) is 4.68 Å². The van der Waals surface area contributed by atoms with Crippen molar-refractivity contribution in [3.8, 4) is 0 Å². The van der Waals surface area contributed by atoms with Crippen LogP contribution in [0, 0.1) is 5.41 Å². The molecule has 0 amide bonds. The molecule has 2 rings (SSSR count). The van der Waals surface area contributed by atoms with Crippen LogP contribution in [0.15, 0.2) is 12.7 Å². The highest BCUT2D eigenvalue weighted by Gasteiger charge is 2.50. The average Bonchev–Trinajstić information content (AvgIpc) is 2.69. The Bertz CT molecular complexity index is 298. The fraction of sp³-hybridized carbons (Fsp3) is 0.800. The van der Waals surface area contributed by atoms with E-state index in [2.05, 4.69) is 23.9 Å². The molecule has 0 bridgehead atoms. The van der Waals surface area contributed by atoms with Crippen molar-refractivity contribution in [1.82, 2.24) is 14.8 Å². The van der Waals surface area contributed by atoms with Gasteiger partial charge in [0.2, 0.25) is 0 Å². The van der Waals surface area contributed by atoms with Gasteiger partial charge in [0, 0.05) is 12.1 Å². The van der Waals surface area contributed by atoms with E-state index >= 15 is 0 Å². The Morgan fingerprint density at radius 1 is 1.50 bits per heavy atom. The third kappa shape index (κ3) is 1.66. The van der Waals surface area contributed by atoms with Gasteiger partial charge in [0.1, 0.15) is 12.7 Å². The lowest BCUT2D eigenvalue weighted by Crippen LogP contribution is -2.40. The quantitative estimate of drug-likeness (QED) is 0.783. The van der Waals surface area contributed by atoms with Crippen molar-refractivity contribution >= 4 is 0 Å². The molecule has 2 N–H and O–H groups in total. The smallest absolute Gasteiger partial charge is 0.137 e. The molecule has 1 aliphatic rings. The second kappa shape index (κ2) is 3.05. The molecule has 14 heavy (non-hydrogen) atoms. The normalized spacial score (nSPS) is 19.6. The molecule has 1 aliphatic carbocycles. The minimum Gasteiger partial charge on any atom is -0.325 e. The molecule has 0 atom stereocenters. The maximum Gasteiger partial charge on any atom is 0.137 e. The molecule has 0 aromatic carbocycles. The van der Waals surface area contributed by atoms with Gasteiger partial charge in [-0.25, -0.2) is 4.98 Å². The van der Waals surface area contributed by atoms with Gasteiger partial charge >= 0.3 is 0 Å². The molecule has 0 spiro atoms. The van der Waals surface area contributed by atoms with Crippen LogP contribution >= 0.6 is 0 Å². The number of hydrogen-bond donors (Lipinski definition) is 1. The number of aromatic nitrogens is 3. The lowest BCUT2D eigenvalue weighted by atomic mass is 9.79. The zero-order valence-corrected chi connectivity index (χ0v) is 8.90. The molecule has 78 valence electrons. The third-order valence-corrected chi connectivity index (χ3v) is 3.57. The van der Waals surface area contributed by atoms with Gasteiger partial charge in [0.05, 0.1) is 0 Å². The maximum absolute atomic E-state index is 6.22. The summed E-state index contributed by atoms with van der Waals surface area (Å²) in [6.07, 6.45) is 6.72. The van der Waals surface area contributed by atoms with Crippen LogP contribution in [0.4, 0.5) is 0 Å². The van der Waals surface area contributed by atoms with Crippen LogP contribution in [0.5, 0.6) is 0 Å². The van der Waals surface area contributed by atoms with Gasteiger partial charge in [0.25, 0.3) is 0 Å². The first-order valence-corrected chi connectivity index (χ1v) is 5.15. The molecule has 0 saturated heterocycles. The predicted molar refractivity (Wildman–Crippen MR) is 54.6 cm³/mol. The molecule has 0 unspecified atom stereocenters. The first-order valence-electron chi connectivity index (χ1n) is 5.15. The molecule has 1 heterocycles. The monoisotopic (exact) mass is 194 g/mol. The van der Waals surface area contributed by atoms with Gasteiger partial charge < -0.3 is 5.73 Å². The van der Waals surface area contributed by atoms with Crippen LogP contribution < -0.4 is 5.73 Å². The highest BCUT2D eigenvalue weighted by Crippen LogP contribution is 2.49. The van der Waals surface area contributed by atoms with E-state index < -0.39 is 0 Å². The van der Waals surface area contributed by atoms with Gasteiger partial charge in [-0.1, -0.05) is 13.8 Å². The van der Waals surface area contributed by atoms with Crippen molar-refractivity contribution in [2.24, 2.45) is 11.1 Å². The number of nitrogens with zero attached hydrogens (tertiary/aromatic N) is 3. The Labute approximate surface area is 84.5 Å². The SMILES string of the molecule is CC(C)(CCn1cncn1)C1(N)CC1. The third-order valence-electron chi connectivity index (χ3n) is 3.57. The van der Waals surface area contributed by atoms with E-state index in [9.17, 15) is 0 Å². The Morgan fingerprint density at radius 3 is 2.71 bits per heavy atom. The fourth-order valence-corrected chi connectivity index (χ4v) is 1.80. The second-order valence-corrected chi connectivity index (χ2v) is 4.95. The lowest BCUT2D eigenvalue weighted by Gasteiger charge is -2.31. The summed E-state index contributed by atoms with van der Waals surface area (Å²) in [6.45, 7) is 5.40. The summed E-state index contributed by atoms with van der Waals surface area (Å²) in [7, 11) is 0. The van der Waals surface area contributed by atoms with E-state index in [0.29, 0.717) is 0 Å². The average molecular weight is 194 g/mol. The number of aryl methyl sites for hydroxylation is 1. The van der Waals surface area contributed by atoms with E-state index in [1.54, 1.807) is 12.7 Å². The van der Waals surface area contributed by atoms with Crippen molar-refractivity contribution in [2.45, 2.75) is 45.2 Å². The van der Waals surface area contributed by atoms with Crippen molar-refractivity contribution in [1.29, 1.82) is 0 Å². The van der Waals surface area contributed by atoms with Crippen LogP contribution in [0.1, 0.15) is 33.1 Å². The van der Waals surface area contributed by atoms with Crippen LogP contribution in [0.3, 0.4) is 0 Å². The van der Waals surface area contributed by atoms with Crippen molar-refractivity contribution in [3.63, 3.8) is 0 Å². The minimum atomic E-state index is 0.0770. The molecule has 4 nitrogen and oxygen atoms in total. The van der Waals surface area contributed by atoms with E-state index in [0.717, 1.165) is 25.8 Å². The van der Waals surface area contributed by atoms with E-state index in [1.165, 1.54) is 0 Å². The predicted octanol–water partition coefficient (Wildman–Crippen LogP) is 1.19. The summed E-state index contributed by atoms with van der Waals surface area (Å²) < 4.78 is 1.87. The molecule has 0 radical (unpaired) electrons. The van der Waals surface area contributed by atoms with Gasteiger partial charge in [0.15, 0.2) is 0 Å². The maximum atomic E-state index is 6.22. The zero-order valence-electron chi connectivity index (χ0n) is 8.90. The van der Waals surface area contributed by atoms with Crippen LogP contribution in [-0.4, -0.2) is 20.3 Å². The summed E-state index contributed by atoms with van der Waals surface area (Å²) >= 11 is 0. The minimum absolute atomic E-state index is 0.0770. The van der Waals surface area contributed by atoms with Crippen molar-refractivity contribution in [2.75, 3.05) is 0 Å². The molecule has 1 aromatic heterocycles. The molecule has 4 heteroatoms. The summed E-state index contributed by atoms with van der Waals surface area (Å²) in [5, 5.41) is 4.09. The summed E-state index contributed by atoms with van der Waals surface area (Å²) in [6, 6.07) is 0. The van der Waals surface area contributed by atoms with Gasteiger partial charge in [-0.05, 0) is 24.7 Å². The second-order valence-electron chi connectivity index (χ2n) is 4.95. The van der Waals surface area contributed by atoms with E-state index in [-0.39, 0.29) is 11.0 Å². The molecular formula is C10H18N4. The van der Waals surface area contributed by atoms with Gasteiger partial charge in [-0.3, -0.25) is 4.68 Å². The lowest BCUT2D eigenvalue weighted by molar-refractivity contribution is 0.228. The fourth-order valence-electron chi connectivity index (χ4n) is 1.80. The number of hydrogen-bond acceptors (Lipinski definition) is 3. The molecule has 0 aliphatic heterocycles. The Hall–Kier alpha value is -0.900. The molecule has 1 aromatic rings. The number of rotatable bonds is 4. The first-order chi connectivity index (χ1) is 6.54. The molecule has 1 saturated carbocycles. The summed E-state index contributed by atoms with van der Waals surface area (Å²) in [5.74, 6) is 0. The Balaban J connectivity index is 1.91. The van der Waals surface area contributed by atoms with Crippen molar-refractivity contribution < 1.29 is 0 Å². The van der Waals surface area contributed by atoms with Crippen LogP contribution in [-0.2, 0) is 6.54 Å². The van der Waals surface area contributed by atoms with Gasteiger partial charge in [-0.15, -0.1) is 0 Å². The Kier molecular flexibility index (Phi) is 2.10. The van der Waals surface area contributed by atoms with Crippen LogP contribution in [0.25, 0.3) is 0 Å². The Morgan fingerprint density at radius 2 is 2.21 bits per heavy atom. The molecular weight excluding hydrogens is 176 g/mol.